The molecule has 0 amide bonds. The molecule has 1 atom stereocenters. The lowest BCUT2D eigenvalue weighted by Crippen LogP contribution is -2.33. The number of halogens is 2. The summed E-state index contributed by atoms with van der Waals surface area (Å²) in [6.45, 7) is 5.25. The fraction of sp³-hybridized carbons (Fsp3) is 0.571. The lowest BCUT2D eigenvalue weighted by molar-refractivity contribution is 0.567. The number of nitrogens with one attached hydrogen (secondary N) is 1. The van der Waals surface area contributed by atoms with E-state index in [0.717, 1.165) is 28.8 Å². The van der Waals surface area contributed by atoms with Crippen molar-refractivity contribution in [1.29, 1.82) is 0 Å². The second kappa shape index (κ2) is 8.94. The smallest absolute Gasteiger partial charge is 0.123 e. The molecule has 1 unspecified atom stereocenters. The molecular weight excluding hydrogens is 313 g/mol. The Kier molecular flexibility index (Phi) is 7.95. The fourth-order valence-corrected chi connectivity index (χ4v) is 3.20. The lowest BCUT2D eigenvalue weighted by atomic mass is 10.1. The van der Waals surface area contributed by atoms with Crippen LogP contribution in [0.1, 0.15) is 25.8 Å². The monoisotopic (exact) mass is 333 g/mol. The van der Waals surface area contributed by atoms with Gasteiger partial charge in [0.15, 0.2) is 0 Å². The van der Waals surface area contributed by atoms with Crippen LogP contribution in [0.25, 0.3) is 0 Å². The molecule has 0 saturated heterocycles. The van der Waals surface area contributed by atoms with E-state index in [1.165, 1.54) is 18.2 Å². The van der Waals surface area contributed by atoms with E-state index in [1.54, 1.807) is 12.1 Å². The van der Waals surface area contributed by atoms with E-state index in [1.807, 2.05) is 11.8 Å². The van der Waals surface area contributed by atoms with Gasteiger partial charge in [0.05, 0.1) is 0 Å². The molecular formula is C14H21BrFNS. The summed E-state index contributed by atoms with van der Waals surface area (Å²) in [5.41, 5.74) is 1.04. The Hall–Kier alpha value is -0.0600. The third kappa shape index (κ3) is 5.72. The summed E-state index contributed by atoms with van der Waals surface area (Å²) < 4.78 is 14.2. The molecule has 0 aliphatic carbocycles. The van der Waals surface area contributed by atoms with Crippen molar-refractivity contribution < 1.29 is 4.39 Å². The molecule has 1 rings (SSSR count). The van der Waals surface area contributed by atoms with Gasteiger partial charge in [0.25, 0.3) is 0 Å². The standard InChI is InChI=1S/C14H21BrFNS/c1-3-7-18-10-13(17-4-2)9-11-8-12(16)5-6-14(11)15/h5-6,8,13,17H,3-4,7,9-10H2,1-2H3. The van der Waals surface area contributed by atoms with Crippen molar-refractivity contribution in [2.45, 2.75) is 32.7 Å². The van der Waals surface area contributed by atoms with Gasteiger partial charge in [0.1, 0.15) is 5.82 Å². The van der Waals surface area contributed by atoms with E-state index in [4.69, 9.17) is 0 Å². The maximum absolute atomic E-state index is 13.2. The minimum Gasteiger partial charge on any atom is -0.313 e. The molecule has 0 heterocycles. The predicted molar refractivity (Wildman–Crippen MR) is 82.9 cm³/mol. The summed E-state index contributed by atoms with van der Waals surface area (Å²) in [4.78, 5) is 0. The highest BCUT2D eigenvalue weighted by Gasteiger charge is 2.11. The molecule has 1 aromatic rings. The van der Waals surface area contributed by atoms with Gasteiger partial charge < -0.3 is 5.32 Å². The average Bonchev–Trinajstić information content (AvgIpc) is 2.34. The lowest BCUT2D eigenvalue weighted by Gasteiger charge is -2.18. The van der Waals surface area contributed by atoms with Gasteiger partial charge in [0.2, 0.25) is 0 Å². The molecule has 0 saturated carbocycles. The zero-order chi connectivity index (χ0) is 13.4. The van der Waals surface area contributed by atoms with Crippen molar-refractivity contribution in [2.24, 2.45) is 0 Å². The van der Waals surface area contributed by atoms with Crippen molar-refractivity contribution in [3.8, 4) is 0 Å². The fourth-order valence-electron chi connectivity index (χ4n) is 1.81. The molecule has 0 fully saturated rings. The number of rotatable bonds is 8. The largest absolute Gasteiger partial charge is 0.313 e. The third-order valence-electron chi connectivity index (χ3n) is 2.63. The minimum atomic E-state index is -0.162. The molecule has 1 N–H and O–H groups in total. The van der Waals surface area contributed by atoms with Gasteiger partial charge in [-0.15, -0.1) is 0 Å². The summed E-state index contributed by atoms with van der Waals surface area (Å²) in [6.07, 6.45) is 2.07. The first-order valence-corrected chi connectivity index (χ1v) is 8.37. The van der Waals surface area contributed by atoms with Crippen LogP contribution in [0.4, 0.5) is 4.39 Å². The molecule has 0 spiro atoms. The van der Waals surface area contributed by atoms with Crippen LogP contribution in [0.3, 0.4) is 0 Å². The Balaban J connectivity index is 2.60. The summed E-state index contributed by atoms with van der Waals surface area (Å²) >= 11 is 5.45. The van der Waals surface area contributed by atoms with E-state index < -0.39 is 0 Å². The number of hydrogen-bond acceptors (Lipinski definition) is 2. The van der Waals surface area contributed by atoms with Crippen LogP contribution in [0.15, 0.2) is 22.7 Å². The Morgan fingerprint density at radius 1 is 1.39 bits per heavy atom. The zero-order valence-corrected chi connectivity index (χ0v) is 13.4. The highest BCUT2D eigenvalue weighted by atomic mass is 79.9. The molecule has 0 aromatic heterocycles. The van der Waals surface area contributed by atoms with Crippen molar-refractivity contribution in [2.75, 3.05) is 18.1 Å². The summed E-state index contributed by atoms with van der Waals surface area (Å²) in [5, 5.41) is 3.47. The number of hydrogen-bond donors (Lipinski definition) is 1. The first-order valence-electron chi connectivity index (χ1n) is 6.42. The van der Waals surface area contributed by atoms with E-state index in [0.29, 0.717) is 6.04 Å². The molecule has 0 bridgehead atoms. The third-order valence-corrected chi connectivity index (χ3v) is 4.74. The average molecular weight is 334 g/mol. The van der Waals surface area contributed by atoms with Gasteiger partial charge >= 0.3 is 0 Å². The first kappa shape index (κ1) is 16.0. The van der Waals surface area contributed by atoms with Crippen LogP contribution >= 0.6 is 27.7 Å². The van der Waals surface area contributed by atoms with Crippen molar-refractivity contribution >= 4 is 27.7 Å². The molecule has 0 aliphatic heterocycles. The molecule has 18 heavy (non-hydrogen) atoms. The molecule has 102 valence electrons. The topological polar surface area (TPSA) is 12.0 Å². The first-order chi connectivity index (χ1) is 8.67. The van der Waals surface area contributed by atoms with Gasteiger partial charge in [-0.3, -0.25) is 0 Å². The summed E-state index contributed by atoms with van der Waals surface area (Å²) in [7, 11) is 0. The Morgan fingerprint density at radius 2 is 2.17 bits per heavy atom. The van der Waals surface area contributed by atoms with Crippen molar-refractivity contribution in [1.82, 2.24) is 5.32 Å². The van der Waals surface area contributed by atoms with Crippen LogP contribution in [0, 0.1) is 5.82 Å². The summed E-state index contributed by atoms with van der Waals surface area (Å²) in [5.74, 6) is 2.10. The van der Waals surface area contributed by atoms with Crippen LogP contribution in [0.5, 0.6) is 0 Å². The van der Waals surface area contributed by atoms with E-state index in [-0.39, 0.29) is 5.82 Å². The van der Waals surface area contributed by atoms with Gasteiger partial charge in [-0.1, -0.05) is 29.8 Å². The predicted octanol–water partition coefficient (Wildman–Crippen LogP) is 4.25. The molecule has 1 nitrogen and oxygen atoms in total. The second-order valence-electron chi connectivity index (χ2n) is 4.27. The highest BCUT2D eigenvalue weighted by molar-refractivity contribution is 9.10. The zero-order valence-electron chi connectivity index (χ0n) is 11.0. The maximum atomic E-state index is 13.2. The normalized spacial score (nSPS) is 12.7. The van der Waals surface area contributed by atoms with Gasteiger partial charge in [-0.25, -0.2) is 4.39 Å². The summed E-state index contributed by atoms with van der Waals surface area (Å²) in [6, 6.07) is 5.30. The van der Waals surface area contributed by atoms with E-state index in [9.17, 15) is 4.39 Å². The van der Waals surface area contributed by atoms with Crippen LogP contribution < -0.4 is 5.32 Å². The SMILES string of the molecule is CCCSCC(Cc1cc(F)ccc1Br)NCC. The van der Waals surface area contributed by atoms with Gasteiger partial charge in [-0.05, 0) is 48.9 Å². The Bertz CT molecular complexity index is 360. The van der Waals surface area contributed by atoms with Crippen molar-refractivity contribution in [3.05, 3.63) is 34.1 Å². The highest BCUT2D eigenvalue weighted by Crippen LogP contribution is 2.20. The van der Waals surface area contributed by atoms with Crippen LogP contribution in [-0.4, -0.2) is 24.1 Å². The van der Waals surface area contributed by atoms with Crippen LogP contribution in [-0.2, 0) is 6.42 Å². The Morgan fingerprint density at radius 3 is 2.83 bits per heavy atom. The van der Waals surface area contributed by atoms with E-state index in [2.05, 4.69) is 35.1 Å². The minimum absolute atomic E-state index is 0.162. The quantitative estimate of drug-likeness (QED) is 0.713. The molecule has 1 aromatic carbocycles. The second-order valence-corrected chi connectivity index (χ2v) is 6.27. The van der Waals surface area contributed by atoms with Crippen molar-refractivity contribution in [3.63, 3.8) is 0 Å². The van der Waals surface area contributed by atoms with Gasteiger partial charge in [-0.2, -0.15) is 11.8 Å². The number of likely N-dealkylation sites (N-methyl/N-ethyl adjacent to an activating group) is 1. The molecule has 0 aliphatic rings. The maximum Gasteiger partial charge on any atom is 0.123 e. The number of thioether (sulfide) groups is 1. The molecule has 4 heteroatoms. The number of benzene rings is 1. The van der Waals surface area contributed by atoms with Crippen LogP contribution in [0.2, 0.25) is 0 Å². The Labute approximate surface area is 122 Å². The van der Waals surface area contributed by atoms with Gasteiger partial charge in [0, 0.05) is 16.3 Å². The van der Waals surface area contributed by atoms with E-state index >= 15 is 0 Å². The molecule has 0 radical (unpaired) electrons.